The fourth-order valence-corrected chi connectivity index (χ4v) is 6.10. The molecule has 2 aliphatic rings. The highest BCUT2D eigenvalue weighted by Gasteiger charge is 2.52. The number of aliphatic hydroxyl groups is 1. The van der Waals surface area contributed by atoms with Crippen molar-refractivity contribution in [3.05, 3.63) is 77.0 Å². The van der Waals surface area contributed by atoms with E-state index >= 15 is 0 Å². The SMILES string of the molecule is COC[C@@]1(C)CN(Cc2ccc(C(F)(F)F)cc2)CC[C@]1(O)c1ccc2ncc(C3CCC(=O)NC3=O)cc2c1. The molecular weight excluding hydrogens is 523 g/mol. The number of pyridine rings is 1. The van der Waals surface area contributed by atoms with Crippen molar-refractivity contribution < 1.29 is 32.6 Å². The predicted octanol–water partition coefficient (Wildman–Crippen LogP) is 4.52. The van der Waals surface area contributed by atoms with E-state index in [2.05, 4.69) is 15.2 Å². The molecule has 3 aromatic rings. The third-order valence-corrected chi connectivity index (χ3v) is 8.33. The molecule has 3 atom stereocenters. The zero-order valence-electron chi connectivity index (χ0n) is 22.4. The first kappa shape index (κ1) is 28.2. The van der Waals surface area contributed by atoms with Gasteiger partial charge in [-0.3, -0.25) is 24.8 Å². The molecule has 3 heterocycles. The molecule has 0 radical (unpaired) electrons. The first-order valence-electron chi connectivity index (χ1n) is 13.3. The average molecular weight is 556 g/mol. The van der Waals surface area contributed by atoms with Crippen LogP contribution in [0.1, 0.15) is 54.4 Å². The third kappa shape index (κ3) is 5.35. The molecule has 40 heavy (non-hydrogen) atoms. The highest BCUT2D eigenvalue weighted by atomic mass is 19.4. The number of alkyl halides is 3. The molecule has 212 valence electrons. The first-order chi connectivity index (χ1) is 18.9. The molecule has 0 saturated carbocycles. The Bertz CT molecular complexity index is 1430. The number of benzene rings is 2. The number of aromatic nitrogens is 1. The lowest BCUT2D eigenvalue weighted by Crippen LogP contribution is -2.58. The van der Waals surface area contributed by atoms with Crippen molar-refractivity contribution in [3.8, 4) is 0 Å². The molecule has 10 heteroatoms. The number of piperidine rings is 2. The number of ether oxygens (including phenoxy) is 1. The Labute approximate surface area is 230 Å². The summed E-state index contributed by atoms with van der Waals surface area (Å²) in [6, 6.07) is 12.7. The van der Waals surface area contributed by atoms with Crippen LogP contribution in [0.25, 0.3) is 10.9 Å². The maximum atomic E-state index is 13.0. The summed E-state index contributed by atoms with van der Waals surface area (Å²) in [6.45, 7) is 3.66. The smallest absolute Gasteiger partial charge is 0.384 e. The minimum Gasteiger partial charge on any atom is -0.384 e. The van der Waals surface area contributed by atoms with Gasteiger partial charge in [-0.15, -0.1) is 0 Å². The van der Waals surface area contributed by atoms with Crippen LogP contribution in [0.2, 0.25) is 0 Å². The number of methoxy groups -OCH3 is 1. The highest BCUT2D eigenvalue weighted by molar-refractivity contribution is 6.01. The standard InChI is InChI=1S/C30H32F3N3O4/c1-28(18-40-2)17-36(16-19-3-5-22(6-4-19)30(31,32)33)12-11-29(28,39)23-7-9-25-20(14-23)13-21(15-34-25)24-8-10-26(37)35-27(24)38/h3-7,9,13-15,24,39H,8,10-12,16-18H2,1-2H3,(H,35,37,38)/t24?,28-,29+/m1/s1. The number of carbonyl (C=O) groups is 2. The molecule has 5 rings (SSSR count). The summed E-state index contributed by atoms with van der Waals surface area (Å²) in [5.41, 5.74) is 0.239. The zero-order valence-corrected chi connectivity index (χ0v) is 22.4. The van der Waals surface area contributed by atoms with E-state index in [1.54, 1.807) is 13.3 Å². The summed E-state index contributed by atoms with van der Waals surface area (Å²) < 4.78 is 44.5. The Balaban J connectivity index is 1.40. The minimum absolute atomic E-state index is 0.264. The van der Waals surface area contributed by atoms with Gasteiger partial charge in [0.05, 0.1) is 29.2 Å². The van der Waals surface area contributed by atoms with Crippen LogP contribution in [-0.4, -0.2) is 53.6 Å². The lowest BCUT2D eigenvalue weighted by atomic mass is 9.65. The molecule has 7 nitrogen and oxygen atoms in total. The van der Waals surface area contributed by atoms with Crippen LogP contribution >= 0.6 is 0 Å². The number of hydrogen-bond donors (Lipinski definition) is 2. The maximum Gasteiger partial charge on any atom is 0.416 e. The number of carbonyl (C=O) groups excluding carboxylic acids is 2. The van der Waals surface area contributed by atoms with Gasteiger partial charge in [0.25, 0.3) is 0 Å². The van der Waals surface area contributed by atoms with E-state index in [1.165, 1.54) is 12.1 Å². The fourth-order valence-electron chi connectivity index (χ4n) is 6.10. The van der Waals surface area contributed by atoms with Crippen LogP contribution in [0.15, 0.2) is 54.7 Å². The average Bonchev–Trinajstić information content (AvgIpc) is 2.90. The molecule has 2 saturated heterocycles. The van der Waals surface area contributed by atoms with Gasteiger partial charge in [-0.1, -0.05) is 25.1 Å². The lowest BCUT2D eigenvalue weighted by Gasteiger charge is -2.52. The van der Waals surface area contributed by atoms with Crippen molar-refractivity contribution in [1.29, 1.82) is 0 Å². The van der Waals surface area contributed by atoms with E-state index in [-0.39, 0.29) is 24.8 Å². The molecule has 1 unspecified atom stereocenters. The topological polar surface area (TPSA) is 91.8 Å². The summed E-state index contributed by atoms with van der Waals surface area (Å²) >= 11 is 0. The second-order valence-electron chi connectivity index (χ2n) is 11.2. The lowest BCUT2D eigenvalue weighted by molar-refractivity contribution is -0.158. The van der Waals surface area contributed by atoms with Crippen molar-refractivity contribution in [2.24, 2.45) is 5.41 Å². The van der Waals surface area contributed by atoms with E-state index in [4.69, 9.17) is 4.74 Å². The van der Waals surface area contributed by atoms with Crippen molar-refractivity contribution in [2.75, 3.05) is 26.8 Å². The fraction of sp³-hybridized carbons (Fsp3) is 0.433. The van der Waals surface area contributed by atoms with Gasteiger partial charge in [0, 0.05) is 50.2 Å². The second-order valence-corrected chi connectivity index (χ2v) is 11.2. The monoisotopic (exact) mass is 555 g/mol. The maximum absolute atomic E-state index is 13.0. The van der Waals surface area contributed by atoms with E-state index in [1.807, 2.05) is 31.2 Å². The molecule has 2 fully saturated rings. The van der Waals surface area contributed by atoms with E-state index < -0.39 is 28.7 Å². The number of nitrogens with zero attached hydrogens (tertiary/aromatic N) is 2. The summed E-state index contributed by atoms with van der Waals surface area (Å²) in [6.07, 6.45) is -1.64. The van der Waals surface area contributed by atoms with Crippen LogP contribution < -0.4 is 5.32 Å². The molecule has 0 bridgehead atoms. The number of halogens is 3. The van der Waals surface area contributed by atoms with Crippen molar-refractivity contribution in [3.63, 3.8) is 0 Å². The Hall–Kier alpha value is -3.34. The molecule has 2 aromatic carbocycles. The Morgan fingerprint density at radius 2 is 1.90 bits per heavy atom. The van der Waals surface area contributed by atoms with E-state index in [0.717, 1.165) is 28.6 Å². The van der Waals surface area contributed by atoms with Crippen LogP contribution in [0, 0.1) is 5.41 Å². The second kappa shape index (κ2) is 10.6. The van der Waals surface area contributed by atoms with Gasteiger partial charge in [0.15, 0.2) is 0 Å². The Kier molecular flexibility index (Phi) is 7.45. The normalized spacial score (nSPS) is 26.2. The highest BCUT2D eigenvalue weighted by Crippen LogP contribution is 2.47. The Morgan fingerprint density at radius 1 is 1.15 bits per heavy atom. The quantitative estimate of drug-likeness (QED) is 0.435. The molecular formula is C30H32F3N3O4. The summed E-state index contributed by atoms with van der Waals surface area (Å²) in [5, 5.41) is 15.4. The van der Waals surface area contributed by atoms with Gasteiger partial charge in [-0.2, -0.15) is 13.2 Å². The number of imide groups is 1. The van der Waals surface area contributed by atoms with Gasteiger partial charge in [0.1, 0.15) is 0 Å². The number of fused-ring (bicyclic) bond motifs is 1. The number of rotatable bonds is 6. The number of nitrogens with one attached hydrogen (secondary N) is 1. The first-order valence-corrected chi connectivity index (χ1v) is 13.3. The van der Waals surface area contributed by atoms with Crippen molar-refractivity contribution >= 4 is 22.7 Å². The molecule has 2 N–H and O–H groups in total. The molecule has 2 amide bonds. The molecule has 0 spiro atoms. The van der Waals surface area contributed by atoms with Gasteiger partial charge >= 0.3 is 6.18 Å². The molecule has 0 aliphatic carbocycles. The van der Waals surface area contributed by atoms with Gasteiger partial charge in [0.2, 0.25) is 11.8 Å². The molecule has 2 aliphatic heterocycles. The van der Waals surface area contributed by atoms with Crippen LogP contribution in [-0.2, 0) is 32.6 Å². The van der Waals surface area contributed by atoms with Crippen LogP contribution in [0.4, 0.5) is 13.2 Å². The van der Waals surface area contributed by atoms with Gasteiger partial charge in [-0.05, 0) is 59.9 Å². The van der Waals surface area contributed by atoms with Gasteiger partial charge in [-0.25, -0.2) is 0 Å². The predicted molar refractivity (Wildman–Crippen MR) is 142 cm³/mol. The third-order valence-electron chi connectivity index (χ3n) is 8.33. The van der Waals surface area contributed by atoms with Crippen LogP contribution in [0.3, 0.4) is 0 Å². The zero-order chi connectivity index (χ0) is 28.7. The van der Waals surface area contributed by atoms with Crippen molar-refractivity contribution in [1.82, 2.24) is 15.2 Å². The largest absolute Gasteiger partial charge is 0.416 e. The summed E-state index contributed by atoms with van der Waals surface area (Å²) in [7, 11) is 1.58. The van der Waals surface area contributed by atoms with Gasteiger partial charge < -0.3 is 9.84 Å². The van der Waals surface area contributed by atoms with Crippen LogP contribution in [0.5, 0.6) is 0 Å². The summed E-state index contributed by atoms with van der Waals surface area (Å²) in [5.74, 6) is -1.07. The number of hydrogen-bond acceptors (Lipinski definition) is 6. The molecule has 1 aromatic heterocycles. The van der Waals surface area contributed by atoms with E-state index in [0.29, 0.717) is 43.6 Å². The Morgan fingerprint density at radius 3 is 2.58 bits per heavy atom. The minimum atomic E-state index is -4.38. The number of amides is 2. The summed E-state index contributed by atoms with van der Waals surface area (Å²) in [4.78, 5) is 30.6. The van der Waals surface area contributed by atoms with Crippen molar-refractivity contribution in [2.45, 2.75) is 50.4 Å². The number of likely N-dealkylation sites (tertiary alicyclic amines) is 1. The van der Waals surface area contributed by atoms with E-state index in [9.17, 15) is 27.9 Å².